The number of amides is 1. The van der Waals surface area contributed by atoms with Crippen molar-refractivity contribution in [2.75, 3.05) is 11.9 Å². The van der Waals surface area contributed by atoms with E-state index in [1.807, 2.05) is 13.0 Å². The summed E-state index contributed by atoms with van der Waals surface area (Å²) in [6.45, 7) is 2.25. The van der Waals surface area contributed by atoms with E-state index < -0.39 is 0 Å². The molecular weight excluding hydrogens is 272 g/mol. The number of anilines is 1. The van der Waals surface area contributed by atoms with Crippen LogP contribution in [0.4, 0.5) is 5.13 Å². The minimum atomic E-state index is -0.245. The van der Waals surface area contributed by atoms with Crippen LogP contribution in [0.3, 0.4) is 0 Å². The van der Waals surface area contributed by atoms with Gasteiger partial charge in [-0.15, -0.1) is 10.2 Å². The molecule has 1 aromatic carbocycles. The van der Waals surface area contributed by atoms with Crippen LogP contribution in [0.15, 0.2) is 24.3 Å². The van der Waals surface area contributed by atoms with Crippen LogP contribution in [-0.2, 0) is 6.42 Å². The highest BCUT2D eigenvalue weighted by Gasteiger charge is 2.12. The summed E-state index contributed by atoms with van der Waals surface area (Å²) in [5.41, 5.74) is 6.50. The van der Waals surface area contributed by atoms with Gasteiger partial charge in [-0.05, 0) is 18.6 Å². The van der Waals surface area contributed by atoms with E-state index >= 15 is 0 Å². The molecule has 20 heavy (non-hydrogen) atoms. The Kier molecular flexibility index (Phi) is 4.82. The highest BCUT2D eigenvalue weighted by Crippen LogP contribution is 2.17. The van der Waals surface area contributed by atoms with Gasteiger partial charge in [0.2, 0.25) is 5.13 Å². The quantitative estimate of drug-likeness (QED) is 0.841. The molecule has 3 N–H and O–H groups in total. The van der Waals surface area contributed by atoms with Crippen molar-refractivity contribution in [3.8, 4) is 11.8 Å². The maximum Gasteiger partial charge on any atom is 0.258 e. The lowest BCUT2D eigenvalue weighted by atomic mass is 10.1. The standard InChI is InChI=1S/C14H14N4OS/c1-2-12-17-18-14(20-12)16-13(19)11-8-4-3-6-10(11)7-5-9-15/h3-4,6,8H,2,9,15H2,1H3,(H,16,18,19). The third-order valence-electron chi connectivity index (χ3n) is 2.49. The molecule has 2 aromatic rings. The molecule has 1 amide bonds. The van der Waals surface area contributed by atoms with Crippen molar-refractivity contribution in [2.24, 2.45) is 5.73 Å². The van der Waals surface area contributed by atoms with Crippen LogP contribution in [0.1, 0.15) is 27.9 Å². The molecule has 0 saturated carbocycles. The maximum absolute atomic E-state index is 12.2. The van der Waals surface area contributed by atoms with Crippen LogP contribution in [0.2, 0.25) is 0 Å². The van der Waals surface area contributed by atoms with Crippen molar-refractivity contribution < 1.29 is 4.79 Å². The number of nitrogens with zero attached hydrogens (tertiary/aromatic N) is 2. The van der Waals surface area contributed by atoms with Gasteiger partial charge in [-0.25, -0.2) is 0 Å². The van der Waals surface area contributed by atoms with Crippen LogP contribution >= 0.6 is 11.3 Å². The first-order valence-corrected chi connectivity index (χ1v) is 6.98. The van der Waals surface area contributed by atoms with Crippen molar-refractivity contribution >= 4 is 22.4 Å². The van der Waals surface area contributed by atoms with Gasteiger partial charge in [0.05, 0.1) is 12.1 Å². The molecular formula is C14H14N4OS. The number of carbonyl (C=O) groups excluding carboxylic acids is 1. The molecule has 102 valence electrons. The predicted molar refractivity (Wildman–Crippen MR) is 79.6 cm³/mol. The lowest BCUT2D eigenvalue weighted by Gasteiger charge is -2.03. The van der Waals surface area contributed by atoms with Crippen LogP contribution in [-0.4, -0.2) is 22.6 Å². The molecule has 2 rings (SSSR count). The third kappa shape index (κ3) is 3.41. The summed E-state index contributed by atoms with van der Waals surface area (Å²) in [6, 6.07) is 7.13. The number of benzene rings is 1. The average Bonchev–Trinajstić information content (AvgIpc) is 2.93. The van der Waals surface area contributed by atoms with Gasteiger partial charge >= 0.3 is 0 Å². The average molecular weight is 286 g/mol. The van der Waals surface area contributed by atoms with Gasteiger partial charge in [0.1, 0.15) is 5.01 Å². The Hall–Kier alpha value is -2.23. The largest absolute Gasteiger partial charge is 0.320 e. The van der Waals surface area contributed by atoms with E-state index in [0.29, 0.717) is 16.3 Å². The Morgan fingerprint density at radius 1 is 1.40 bits per heavy atom. The number of hydrogen-bond donors (Lipinski definition) is 2. The highest BCUT2D eigenvalue weighted by molar-refractivity contribution is 7.15. The number of rotatable bonds is 3. The third-order valence-corrected chi connectivity index (χ3v) is 3.47. The number of aryl methyl sites for hydroxylation is 1. The van der Waals surface area contributed by atoms with Crippen molar-refractivity contribution in [3.63, 3.8) is 0 Å². The molecule has 5 nitrogen and oxygen atoms in total. The Balaban J connectivity index is 2.20. The lowest BCUT2D eigenvalue weighted by molar-refractivity contribution is 0.102. The van der Waals surface area contributed by atoms with E-state index in [-0.39, 0.29) is 12.5 Å². The predicted octanol–water partition coefficient (Wildman–Crippen LogP) is 1.66. The fourth-order valence-corrected chi connectivity index (χ4v) is 2.22. The minimum absolute atomic E-state index is 0.245. The zero-order valence-electron chi connectivity index (χ0n) is 11.0. The molecule has 0 spiro atoms. The van der Waals surface area contributed by atoms with Crippen LogP contribution in [0.25, 0.3) is 0 Å². The molecule has 1 aromatic heterocycles. The summed E-state index contributed by atoms with van der Waals surface area (Å²) in [4.78, 5) is 12.2. The van der Waals surface area contributed by atoms with E-state index in [9.17, 15) is 4.79 Å². The fourth-order valence-electron chi connectivity index (χ4n) is 1.55. The zero-order valence-corrected chi connectivity index (χ0v) is 11.8. The summed E-state index contributed by atoms with van der Waals surface area (Å²) in [7, 11) is 0. The van der Waals surface area contributed by atoms with Crippen molar-refractivity contribution in [2.45, 2.75) is 13.3 Å². The molecule has 6 heteroatoms. The van der Waals surface area contributed by atoms with Crippen molar-refractivity contribution in [3.05, 3.63) is 40.4 Å². The lowest BCUT2D eigenvalue weighted by Crippen LogP contribution is -2.13. The Morgan fingerprint density at radius 2 is 2.20 bits per heavy atom. The first-order chi connectivity index (χ1) is 9.74. The molecule has 0 aliphatic heterocycles. The Labute approximate surface area is 121 Å². The number of nitrogens with one attached hydrogen (secondary N) is 1. The highest BCUT2D eigenvalue weighted by atomic mass is 32.1. The Bertz CT molecular complexity index is 669. The first-order valence-electron chi connectivity index (χ1n) is 6.16. The second kappa shape index (κ2) is 6.80. The van der Waals surface area contributed by atoms with Gasteiger partial charge < -0.3 is 5.73 Å². The topological polar surface area (TPSA) is 80.9 Å². The van der Waals surface area contributed by atoms with Gasteiger partial charge in [0.15, 0.2) is 0 Å². The zero-order chi connectivity index (χ0) is 14.4. The fraction of sp³-hybridized carbons (Fsp3) is 0.214. The molecule has 0 unspecified atom stereocenters. The van der Waals surface area contributed by atoms with E-state index in [2.05, 4.69) is 27.4 Å². The molecule has 0 radical (unpaired) electrons. The normalized spacial score (nSPS) is 9.70. The summed E-state index contributed by atoms with van der Waals surface area (Å²) in [5, 5.41) is 12.0. The smallest absolute Gasteiger partial charge is 0.258 e. The summed E-state index contributed by atoms with van der Waals surface area (Å²) >= 11 is 1.37. The summed E-state index contributed by atoms with van der Waals surface area (Å²) in [6.07, 6.45) is 0.798. The minimum Gasteiger partial charge on any atom is -0.320 e. The molecule has 0 bridgehead atoms. The van der Waals surface area contributed by atoms with Crippen LogP contribution < -0.4 is 11.1 Å². The van der Waals surface area contributed by atoms with Gasteiger partial charge in [-0.2, -0.15) is 0 Å². The van der Waals surface area contributed by atoms with Gasteiger partial charge in [-0.1, -0.05) is 42.2 Å². The molecule has 0 aliphatic rings. The molecule has 0 atom stereocenters. The SMILES string of the molecule is CCc1nnc(NC(=O)c2ccccc2C#CCN)s1. The molecule has 0 saturated heterocycles. The summed E-state index contributed by atoms with van der Waals surface area (Å²) in [5.74, 6) is 5.39. The van der Waals surface area contributed by atoms with Gasteiger partial charge in [0, 0.05) is 5.56 Å². The Morgan fingerprint density at radius 3 is 2.90 bits per heavy atom. The number of hydrogen-bond acceptors (Lipinski definition) is 5. The monoisotopic (exact) mass is 286 g/mol. The number of nitrogens with two attached hydrogens (primary N) is 1. The van der Waals surface area contributed by atoms with E-state index in [1.54, 1.807) is 18.2 Å². The van der Waals surface area contributed by atoms with Crippen LogP contribution in [0, 0.1) is 11.8 Å². The van der Waals surface area contributed by atoms with Gasteiger partial charge in [0.25, 0.3) is 5.91 Å². The molecule has 1 heterocycles. The second-order valence-electron chi connectivity index (χ2n) is 3.86. The van der Waals surface area contributed by atoms with Crippen molar-refractivity contribution in [1.82, 2.24) is 10.2 Å². The second-order valence-corrected chi connectivity index (χ2v) is 4.92. The number of aromatic nitrogens is 2. The maximum atomic E-state index is 12.2. The number of carbonyl (C=O) groups is 1. The van der Waals surface area contributed by atoms with E-state index in [4.69, 9.17) is 5.73 Å². The van der Waals surface area contributed by atoms with E-state index in [0.717, 1.165) is 11.4 Å². The van der Waals surface area contributed by atoms with E-state index in [1.165, 1.54) is 11.3 Å². The first kappa shape index (κ1) is 14.2. The van der Waals surface area contributed by atoms with Crippen LogP contribution in [0.5, 0.6) is 0 Å². The molecule has 0 aliphatic carbocycles. The molecule has 0 fully saturated rings. The summed E-state index contributed by atoms with van der Waals surface area (Å²) < 4.78 is 0. The van der Waals surface area contributed by atoms with Crippen molar-refractivity contribution in [1.29, 1.82) is 0 Å². The van der Waals surface area contributed by atoms with Gasteiger partial charge in [-0.3, -0.25) is 10.1 Å².